The summed E-state index contributed by atoms with van der Waals surface area (Å²) in [5.74, 6) is -2.87. The number of nitrogens with two attached hydrogens (primary N) is 1. The van der Waals surface area contributed by atoms with Gasteiger partial charge in [-0.15, -0.1) is 0 Å². The van der Waals surface area contributed by atoms with E-state index in [1.54, 1.807) is 0 Å². The van der Waals surface area contributed by atoms with Crippen molar-refractivity contribution in [1.82, 2.24) is 19.7 Å². The van der Waals surface area contributed by atoms with E-state index >= 15 is 0 Å². The molecule has 9 nitrogen and oxygen atoms in total. The molecule has 0 saturated heterocycles. The quantitative estimate of drug-likeness (QED) is 0.284. The predicted molar refractivity (Wildman–Crippen MR) is 134 cm³/mol. The number of aromatic nitrogens is 3. The number of alkyl halides is 6. The van der Waals surface area contributed by atoms with E-state index in [1.807, 2.05) is 5.32 Å². The van der Waals surface area contributed by atoms with Gasteiger partial charge in [0.15, 0.2) is 5.69 Å². The molecule has 1 unspecified atom stereocenters. The first-order chi connectivity index (χ1) is 19.9. The second kappa shape index (κ2) is 9.93. The number of rotatable bonds is 6. The Bertz CT molecular complexity index is 1750. The summed E-state index contributed by atoms with van der Waals surface area (Å²) in [4.78, 5) is 32.5. The molecule has 4 heterocycles. The van der Waals surface area contributed by atoms with E-state index in [1.165, 1.54) is 19.1 Å². The highest BCUT2D eigenvalue weighted by Gasteiger charge is 2.57. The molecule has 1 aliphatic heterocycles. The average Bonchev–Trinajstić information content (AvgIpc) is 3.53. The fraction of sp³-hybridized carbons (Fsp3) is 0.259. The molecule has 1 aromatic carbocycles. The number of imidazole rings is 1. The SMILES string of the molecule is C[C@]1(C(N)=O)COc2c1cc(C(O)(CNC(=O)c1ccc3nc(C(F)(F)F)cn3c1)C(F)(F)F)nc2-c1ccc(F)cc1. The van der Waals surface area contributed by atoms with Crippen LogP contribution in [0.15, 0.2) is 54.9 Å². The Labute approximate surface area is 237 Å². The fourth-order valence-electron chi connectivity index (χ4n) is 4.51. The minimum absolute atomic E-state index is 0.0913. The van der Waals surface area contributed by atoms with Crippen molar-refractivity contribution in [2.45, 2.75) is 30.3 Å². The van der Waals surface area contributed by atoms with Crippen molar-refractivity contribution in [2.75, 3.05) is 13.2 Å². The molecule has 2 amide bonds. The number of hydrogen-bond acceptors (Lipinski definition) is 6. The Morgan fingerprint density at radius 3 is 2.33 bits per heavy atom. The summed E-state index contributed by atoms with van der Waals surface area (Å²) < 4.78 is 103. The second-order valence-electron chi connectivity index (χ2n) is 10.1. The van der Waals surface area contributed by atoms with Crippen LogP contribution in [-0.4, -0.2) is 50.6 Å². The lowest BCUT2D eigenvalue weighted by molar-refractivity contribution is -0.265. The van der Waals surface area contributed by atoms with E-state index in [0.717, 1.165) is 40.9 Å². The van der Waals surface area contributed by atoms with Gasteiger partial charge in [-0.25, -0.2) is 14.4 Å². The lowest BCUT2D eigenvalue weighted by Crippen LogP contribution is -2.51. The summed E-state index contributed by atoms with van der Waals surface area (Å²) in [7, 11) is 0. The lowest BCUT2D eigenvalue weighted by Gasteiger charge is -2.31. The summed E-state index contributed by atoms with van der Waals surface area (Å²) in [6.07, 6.45) is -8.71. The smallest absolute Gasteiger partial charge is 0.434 e. The fourth-order valence-corrected chi connectivity index (χ4v) is 4.51. The molecule has 5 rings (SSSR count). The molecule has 2 atom stereocenters. The Kier molecular flexibility index (Phi) is 6.87. The number of ether oxygens (including phenoxy) is 1. The Balaban J connectivity index is 1.55. The summed E-state index contributed by atoms with van der Waals surface area (Å²) in [6, 6.07) is 7.34. The number of amides is 2. The number of primary amides is 1. The third kappa shape index (κ3) is 5.11. The molecule has 4 aromatic rings. The van der Waals surface area contributed by atoms with Gasteiger partial charge >= 0.3 is 12.4 Å². The topological polar surface area (TPSA) is 132 Å². The molecule has 226 valence electrons. The second-order valence-corrected chi connectivity index (χ2v) is 10.1. The van der Waals surface area contributed by atoms with Crippen LogP contribution in [0.2, 0.25) is 0 Å². The monoisotopic (exact) mass is 611 g/mol. The number of nitrogens with one attached hydrogen (secondary N) is 1. The maximum absolute atomic E-state index is 14.5. The van der Waals surface area contributed by atoms with E-state index in [0.29, 0.717) is 6.20 Å². The normalized spacial score (nSPS) is 18.2. The lowest BCUT2D eigenvalue weighted by atomic mass is 9.81. The zero-order valence-electron chi connectivity index (χ0n) is 21.8. The van der Waals surface area contributed by atoms with E-state index in [4.69, 9.17) is 10.5 Å². The van der Waals surface area contributed by atoms with Crippen molar-refractivity contribution >= 4 is 17.5 Å². The van der Waals surface area contributed by atoms with Crippen LogP contribution < -0.4 is 15.8 Å². The molecule has 4 N–H and O–H groups in total. The van der Waals surface area contributed by atoms with Crippen molar-refractivity contribution in [3.8, 4) is 17.0 Å². The van der Waals surface area contributed by atoms with Crippen LogP contribution in [-0.2, 0) is 22.0 Å². The standard InChI is InChI=1S/C27H20F7N5O4/c1-24(23(35)41)12-43-21-16(24)8-17(38-20(21)13-2-5-15(28)6-3-13)25(42,27(32,33)34)11-36-22(40)14-4-7-19-37-18(26(29,30)31)10-39(19)9-14/h2-10,42H,11-12H2,1H3,(H2,35,41)(H,36,40)/t24-,25?/m0/s1. The van der Waals surface area contributed by atoms with Crippen LogP contribution in [0.25, 0.3) is 16.9 Å². The molecule has 0 aliphatic carbocycles. The van der Waals surface area contributed by atoms with Crippen LogP contribution in [0, 0.1) is 5.82 Å². The van der Waals surface area contributed by atoms with Crippen molar-refractivity contribution < 1.29 is 50.2 Å². The number of fused-ring (bicyclic) bond motifs is 2. The number of carbonyl (C=O) groups is 2. The van der Waals surface area contributed by atoms with Crippen LogP contribution in [0.4, 0.5) is 30.7 Å². The molecule has 16 heteroatoms. The predicted octanol–water partition coefficient (Wildman–Crippen LogP) is 3.87. The Morgan fingerprint density at radius 2 is 1.72 bits per heavy atom. The first-order valence-corrected chi connectivity index (χ1v) is 12.3. The zero-order chi connectivity index (χ0) is 31.5. The number of benzene rings is 1. The van der Waals surface area contributed by atoms with Crippen LogP contribution in [0.3, 0.4) is 0 Å². The number of aliphatic hydroxyl groups is 1. The molecule has 0 bridgehead atoms. The van der Waals surface area contributed by atoms with Gasteiger partial charge in [0, 0.05) is 23.5 Å². The van der Waals surface area contributed by atoms with Crippen LogP contribution in [0.1, 0.15) is 34.2 Å². The van der Waals surface area contributed by atoms with Gasteiger partial charge in [0.1, 0.15) is 34.9 Å². The Morgan fingerprint density at radius 1 is 1.05 bits per heavy atom. The first-order valence-electron chi connectivity index (χ1n) is 12.3. The summed E-state index contributed by atoms with van der Waals surface area (Å²) in [5.41, 5.74) is -3.03. The van der Waals surface area contributed by atoms with Crippen molar-refractivity contribution in [3.05, 3.63) is 83.2 Å². The molecule has 43 heavy (non-hydrogen) atoms. The van der Waals surface area contributed by atoms with Gasteiger partial charge in [0.25, 0.3) is 5.91 Å². The minimum atomic E-state index is -5.46. The number of hydrogen-bond donors (Lipinski definition) is 3. The minimum Gasteiger partial charge on any atom is -0.489 e. The highest BCUT2D eigenvalue weighted by molar-refractivity contribution is 5.94. The summed E-state index contributed by atoms with van der Waals surface area (Å²) in [6.45, 7) is -0.525. The van der Waals surface area contributed by atoms with Crippen molar-refractivity contribution in [2.24, 2.45) is 5.73 Å². The molecule has 3 aromatic heterocycles. The Hall–Kier alpha value is -4.73. The number of nitrogens with zero attached hydrogens (tertiary/aromatic N) is 3. The average molecular weight is 611 g/mol. The van der Waals surface area contributed by atoms with E-state index < -0.39 is 58.9 Å². The van der Waals surface area contributed by atoms with Gasteiger partial charge in [-0.2, -0.15) is 26.3 Å². The van der Waals surface area contributed by atoms with Crippen LogP contribution in [0.5, 0.6) is 5.75 Å². The van der Waals surface area contributed by atoms with Crippen LogP contribution >= 0.6 is 0 Å². The van der Waals surface area contributed by atoms with Crippen molar-refractivity contribution in [3.63, 3.8) is 0 Å². The van der Waals surface area contributed by atoms with E-state index in [-0.39, 0.29) is 40.4 Å². The van der Waals surface area contributed by atoms with Gasteiger partial charge < -0.3 is 25.3 Å². The van der Waals surface area contributed by atoms with Gasteiger partial charge in [0.2, 0.25) is 11.5 Å². The maximum Gasteiger partial charge on any atom is 0.434 e. The highest BCUT2D eigenvalue weighted by Crippen LogP contribution is 2.47. The molecule has 0 spiro atoms. The number of pyridine rings is 2. The van der Waals surface area contributed by atoms with Gasteiger partial charge in [-0.1, -0.05) is 0 Å². The van der Waals surface area contributed by atoms with Gasteiger partial charge in [0.05, 0.1) is 17.8 Å². The number of carbonyl (C=O) groups excluding carboxylic acids is 2. The molecule has 0 fully saturated rings. The largest absolute Gasteiger partial charge is 0.489 e. The summed E-state index contributed by atoms with van der Waals surface area (Å²) >= 11 is 0. The zero-order valence-corrected chi connectivity index (χ0v) is 21.8. The molecule has 0 saturated carbocycles. The third-order valence-electron chi connectivity index (χ3n) is 7.14. The highest BCUT2D eigenvalue weighted by atomic mass is 19.4. The molecular formula is C27H20F7N5O4. The van der Waals surface area contributed by atoms with Gasteiger partial charge in [-0.05, 0) is 49.4 Å². The van der Waals surface area contributed by atoms with Gasteiger partial charge in [-0.3, -0.25) is 9.59 Å². The maximum atomic E-state index is 14.5. The van der Waals surface area contributed by atoms with E-state index in [9.17, 15) is 45.4 Å². The van der Waals surface area contributed by atoms with E-state index in [2.05, 4.69) is 9.97 Å². The third-order valence-corrected chi connectivity index (χ3v) is 7.14. The molecule has 0 radical (unpaired) electrons. The summed E-state index contributed by atoms with van der Waals surface area (Å²) in [5, 5.41) is 13.0. The number of halogens is 7. The first kappa shape index (κ1) is 29.8. The van der Waals surface area contributed by atoms with Crippen molar-refractivity contribution in [1.29, 1.82) is 0 Å². The molecule has 1 aliphatic rings. The molecular weight excluding hydrogens is 591 g/mol.